The van der Waals surface area contributed by atoms with Gasteiger partial charge in [-0.15, -0.1) is 0 Å². The highest BCUT2D eigenvalue weighted by molar-refractivity contribution is 7.80. The summed E-state index contributed by atoms with van der Waals surface area (Å²) in [7, 11) is -5.12. The lowest BCUT2D eigenvalue weighted by atomic mass is 9.99. The van der Waals surface area contributed by atoms with Crippen LogP contribution in [-0.2, 0) is 28.9 Å². The third-order valence-corrected chi connectivity index (χ3v) is 12.0. The summed E-state index contributed by atoms with van der Waals surface area (Å²) in [5, 5.41) is 55.2. The predicted octanol–water partition coefficient (Wildman–Crippen LogP) is 8.69. The van der Waals surface area contributed by atoms with Gasteiger partial charge in [0.15, 0.2) is 6.29 Å². The first-order valence-electron chi connectivity index (χ1n) is 24.3. The molecule has 0 aromatic carbocycles. The molecule has 13 nitrogen and oxygen atoms in total. The summed E-state index contributed by atoms with van der Waals surface area (Å²) in [6.07, 6.45) is 31.2. The first-order chi connectivity index (χ1) is 29.4. The summed E-state index contributed by atoms with van der Waals surface area (Å²) in [5.41, 5.74) is 0. The van der Waals surface area contributed by atoms with Crippen LogP contribution >= 0.6 is 0 Å². The zero-order chi connectivity index (χ0) is 45.0. The minimum Gasteiger partial charge on any atom is -0.394 e. The number of amides is 1. The molecule has 61 heavy (non-hydrogen) atoms. The fourth-order valence-electron chi connectivity index (χ4n) is 7.69. The number of carbonyl (C=O) groups is 1. The van der Waals surface area contributed by atoms with Crippen LogP contribution in [0.5, 0.6) is 0 Å². The second-order valence-corrected chi connectivity index (χ2v) is 18.2. The Kier molecular flexibility index (Phi) is 35.7. The third-order valence-electron chi connectivity index (χ3n) is 11.6. The molecule has 1 aliphatic heterocycles. The van der Waals surface area contributed by atoms with Gasteiger partial charge in [-0.25, -0.2) is 4.18 Å². The molecule has 0 aromatic rings. The van der Waals surface area contributed by atoms with Crippen LogP contribution in [0.15, 0.2) is 24.3 Å². The molecule has 8 unspecified atom stereocenters. The molecule has 7 N–H and O–H groups in total. The molecular formula is C47H89NO12S. The molecule has 1 rings (SSSR count). The highest BCUT2D eigenvalue weighted by Gasteiger charge is 2.48. The molecule has 8 atom stereocenters. The van der Waals surface area contributed by atoms with Crippen molar-refractivity contribution in [3.63, 3.8) is 0 Å². The van der Waals surface area contributed by atoms with Crippen molar-refractivity contribution in [3.8, 4) is 0 Å². The van der Waals surface area contributed by atoms with Gasteiger partial charge in [-0.05, 0) is 44.9 Å². The van der Waals surface area contributed by atoms with E-state index in [1.54, 1.807) is 0 Å². The Morgan fingerprint density at radius 2 is 1.08 bits per heavy atom. The summed E-state index contributed by atoms with van der Waals surface area (Å²) >= 11 is 0. The van der Waals surface area contributed by atoms with Crippen molar-refractivity contribution in [3.05, 3.63) is 24.3 Å². The van der Waals surface area contributed by atoms with Crippen LogP contribution in [0, 0.1) is 0 Å². The van der Waals surface area contributed by atoms with Gasteiger partial charge >= 0.3 is 10.4 Å². The lowest BCUT2D eigenvalue weighted by Crippen LogP contribution is -2.61. The van der Waals surface area contributed by atoms with Gasteiger partial charge in [-0.2, -0.15) is 8.42 Å². The van der Waals surface area contributed by atoms with Crippen molar-refractivity contribution in [2.45, 2.75) is 255 Å². The van der Waals surface area contributed by atoms with Crippen molar-refractivity contribution in [1.29, 1.82) is 0 Å². The minimum absolute atomic E-state index is 0.213. The van der Waals surface area contributed by atoms with Crippen LogP contribution < -0.4 is 5.32 Å². The quantitative estimate of drug-likeness (QED) is 0.0175. The number of ether oxygens (including phenoxy) is 2. The van der Waals surface area contributed by atoms with E-state index < -0.39 is 78.5 Å². The lowest BCUT2D eigenvalue weighted by Gasteiger charge is -2.41. The average molecular weight is 892 g/mol. The second kappa shape index (κ2) is 37.9. The molecule has 360 valence electrons. The van der Waals surface area contributed by atoms with Crippen LogP contribution in [0.1, 0.15) is 206 Å². The fourth-order valence-corrected chi connectivity index (χ4v) is 8.20. The molecule has 1 fully saturated rings. The Hall–Kier alpha value is -1.46. The van der Waals surface area contributed by atoms with Gasteiger partial charge in [-0.1, -0.05) is 186 Å². The molecule has 0 bridgehead atoms. The first-order valence-corrected chi connectivity index (χ1v) is 25.7. The third kappa shape index (κ3) is 30.3. The van der Waals surface area contributed by atoms with E-state index in [0.29, 0.717) is 12.8 Å². The van der Waals surface area contributed by atoms with Crippen LogP contribution in [0.2, 0.25) is 0 Å². The summed E-state index contributed by atoms with van der Waals surface area (Å²) in [6, 6.07) is -1.13. The van der Waals surface area contributed by atoms with Crippen molar-refractivity contribution in [2.75, 3.05) is 13.2 Å². The Balaban J connectivity index is 2.55. The summed E-state index contributed by atoms with van der Waals surface area (Å²) in [5.74, 6) is -0.718. The summed E-state index contributed by atoms with van der Waals surface area (Å²) in [6.45, 7) is 3.20. The van der Waals surface area contributed by atoms with E-state index >= 15 is 0 Å². The van der Waals surface area contributed by atoms with Gasteiger partial charge in [0.1, 0.15) is 30.5 Å². The van der Waals surface area contributed by atoms with Crippen LogP contribution in [-0.4, -0.2) is 107 Å². The van der Waals surface area contributed by atoms with E-state index in [1.165, 1.54) is 141 Å². The molecule has 1 saturated heterocycles. The second-order valence-electron chi connectivity index (χ2n) is 17.2. The standard InChI is InChI=1S/C47H89NO12S/c1-3-5-7-9-11-13-15-17-18-19-20-21-22-23-24-26-27-29-31-33-35-40(50)39(38-58-47-44(53)45(60-61(55,56)57)43(52)42(37-49)59-47)48-46(54)41(51)36-34-32-30-28-25-16-14-12-10-8-6-4-2/h25,28,33,35,39-45,47,49-53H,3-24,26-27,29-32,34,36-38H2,1-2H3,(H,48,54)(H,55,56,57)/b28-25-,35-33+. The fraction of sp³-hybridized carbons (Fsp3) is 0.894. The summed E-state index contributed by atoms with van der Waals surface area (Å²) < 4.78 is 47.5. The highest BCUT2D eigenvalue weighted by Crippen LogP contribution is 2.26. The zero-order valence-electron chi connectivity index (χ0n) is 38.1. The average Bonchev–Trinajstić information content (AvgIpc) is 3.23. The number of hydrogen-bond donors (Lipinski definition) is 7. The number of nitrogens with one attached hydrogen (secondary N) is 1. The van der Waals surface area contributed by atoms with E-state index in [4.69, 9.17) is 9.47 Å². The molecule has 0 saturated carbocycles. The molecule has 1 amide bonds. The number of unbranched alkanes of at least 4 members (excludes halogenated alkanes) is 26. The maximum absolute atomic E-state index is 13.1. The molecule has 1 aliphatic rings. The van der Waals surface area contributed by atoms with Gasteiger partial charge in [0, 0.05) is 0 Å². The highest BCUT2D eigenvalue weighted by atomic mass is 32.3. The van der Waals surface area contributed by atoms with Gasteiger partial charge in [0.05, 0.1) is 25.4 Å². The van der Waals surface area contributed by atoms with Crippen LogP contribution in [0.3, 0.4) is 0 Å². The first kappa shape index (κ1) is 57.6. The summed E-state index contributed by atoms with van der Waals surface area (Å²) in [4.78, 5) is 13.1. The monoisotopic (exact) mass is 892 g/mol. The number of aliphatic hydroxyl groups is 5. The number of allylic oxidation sites excluding steroid dienone is 3. The topological polar surface area (TPSA) is 212 Å². The van der Waals surface area contributed by atoms with Crippen molar-refractivity contribution in [1.82, 2.24) is 5.32 Å². The SMILES string of the molecule is CCCCCCCC/C=C\CCCCC(O)C(=O)NC(COC1OC(CO)C(O)C(OS(=O)(=O)O)C1O)C(O)/C=C/CCCCCCCCCCCCCCCCCCCC. The van der Waals surface area contributed by atoms with Gasteiger partial charge < -0.3 is 40.3 Å². The maximum Gasteiger partial charge on any atom is 0.397 e. The van der Waals surface area contributed by atoms with Gasteiger partial charge in [0.25, 0.3) is 0 Å². The Labute approximate surface area is 370 Å². The zero-order valence-corrected chi connectivity index (χ0v) is 38.9. The van der Waals surface area contributed by atoms with Crippen molar-refractivity contribution >= 4 is 16.3 Å². The normalized spacial score (nSPS) is 21.3. The van der Waals surface area contributed by atoms with Crippen molar-refractivity contribution < 1.29 is 57.0 Å². The number of carbonyl (C=O) groups excluding carboxylic acids is 1. The Bertz CT molecular complexity index is 1200. The maximum atomic E-state index is 13.1. The molecule has 0 radical (unpaired) electrons. The van der Waals surface area contributed by atoms with E-state index in [-0.39, 0.29) is 6.42 Å². The molecular weight excluding hydrogens is 803 g/mol. The van der Waals surface area contributed by atoms with E-state index in [2.05, 4.69) is 35.5 Å². The van der Waals surface area contributed by atoms with E-state index in [1.807, 2.05) is 6.08 Å². The lowest BCUT2D eigenvalue weighted by molar-refractivity contribution is -0.298. The van der Waals surface area contributed by atoms with Crippen LogP contribution in [0.4, 0.5) is 0 Å². The Morgan fingerprint density at radius 1 is 0.656 bits per heavy atom. The van der Waals surface area contributed by atoms with Crippen molar-refractivity contribution in [2.24, 2.45) is 0 Å². The van der Waals surface area contributed by atoms with Crippen LogP contribution in [0.25, 0.3) is 0 Å². The number of rotatable bonds is 41. The molecule has 14 heteroatoms. The molecule has 0 aromatic heterocycles. The molecule has 0 spiro atoms. The van der Waals surface area contributed by atoms with E-state index in [9.17, 15) is 43.3 Å². The van der Waals surface area contributed by atoms with E-state index in [0.717, 1.165) is 38.5 Å². The number of aliphatic hydroxyl groups excluding tert-OH is 5. The minimum atomic E-state index is -5.12. The number of hydrogen-bond acceptors (Lipinski definition) is 11. The van der Waals surface area contributed by atoms with Gasteiger partial charge in [0.2, 0.25) is 5.91 Å². The molecule has 1 heterocycles. The molecule has 0 aliphatic carbocycles. The Morgan fingerprint density at radius 3 is 1.52 bits per heavy atom. The largest absolute Gasteiger partial charge is 0.397 e. The predicted molar refractivity (Wildman–Crippen MR) is 242 cm³/mol. The smallest absolute Gasteiger partial charge is 0.394 e. The van der Waals surface area contributed by atoms with Gasteiger partial charge in [-0.3, -0.25) is 9.35 Å².